The van der Waals surface area contributed by atoms with Gasteiger partial charge in [0, 0.05) is 6.04 Å². The Kier molecular flexibility index (Phi) is 4.30. The Morgan fingerprint density at radius 2 is 1.93 bits per heavy atom. The molecule has 0 aliphatic rings. The summed E-state index contributed by atoms with van der Waals surface area (Å²) in [6.07, 6.45) is 1.03. The number of rotatable bonds is 4. The van der Waals surface area contributed by atoms with Crippen molar-refractivity contribution in [3.8, 4) is 0 Å². The van der Waals surface area contributed by atoms with Gasteiger partial charge in [-0.05, 0) is 37.4 Å². The molecule has 2 nitrogen and oxygen atoms in total. The fraction of sp³-hybridized carbons (Fsp3) is 0.538. The second kappa shape index (κ2) is 5.29. The third-order valence-electron chi connectivity index (χ3n) is 3.13. The van der Waals surface area contributed by atoms with Crippen LogP contribution >= 0.6 is 0 Å². The zero-order valence-corrected chi connectivity index (χ0v) is 9.96. The van der Waals surface area contributed by atoms with E-state index in [0.29, 0.717) is 12.5 Å². The first-order valence-electron chi connectivity index (χ1n) is 5.63. The van der Waals surface area contributed by atoms with Crippen LogP contribution in [0.15, 0.2) is 18.2 Å². The number of hydrogen-bond donors (Lipinski definition) is 2. The summed E-state index contributed by atoms with van der Waals surface area (Å²) in [5.74, 6) is 0.380. The van der Waals surface area contributed by atoms with Crippen molar-refractivity contribution in [3.63, 3.8) is 0 Å². The summed E-state index contributed by atoms with van der Waals surface area (Å²) in [6, 6.07) is 6.50. The lowest BCUT2D eigenvalue weighted by molar-refractivity contribution is 0.426. The Hall–Kier alpha value is -0.860. The van der Waals surface area contributed by atoms with Crippen LogP contribution in [0.5, 0.6) is 0 Å². The van der Waals surface area contributed by atoms with Gasteiger partial charge in [-0.3, -0.25) is 0 Å². The molecule has 0 fully saturated rings. The molecule has 0 spiro atoms. The quantitative estimate of drug-likeness (QED) is 0.794. The van der Waals surface area contributed by atoms with Crippen molar-refractivity contribution >= 4 is 0 Å². The molecule has 0 bridgehead atoms. The van der Waals surface area contributed by atoms with Gasteiger partial charge in [-0.1, -0.05) is 37.1 Å². The summed E-state index contributed by atoms with van der Waals surface area (Å²) in [5, 5.41) is 0. The molecule has 2 unspecified atom stereocenters. The Morgan fingerprint density at radius 3 is 2.47 bits per heavy atom. The van der Waals surface area contributed by atoms with Gasteiger partial charge in [0.1, 0.15) is 0 Å². The second-order valence-electron chi connectivity index (χ2n) is 4.29. The van der Waals surface area contributed by atoms with E-state index in [0.717, 1.165) is 6.42 Å². The van der Waals surface area contributed by atoms with Gasteiger partial charge in [-0.15, -0.1) is 0 Å². The Morgan fingerprint density at radius 1 is 1.27 bits per heavy atom. The molecule has 84 valence electrons. The Labute approximate surface area is 92.7 Å². The number of hydrogen-bond acceptors (Lipinski definition) is 2. The minimum atomic E-state index is 0.0694. The van der Waals surface area contributed by atoms with Crippen molar-refractivity contribution in [1.29, 1.82) is 0 Å². The van der Waals surface area contributed by atoms with E-state index >= 15 is 0 Å². The summed E-state index contributed by atoms with van der Waals surface area (Å²) in [7, 11) is 0. The average Bonchev–Trinajstić information content (AvgIpc) is 2.23. The van der Waals surface area contributed by atoms with Crippen LogP contribution in [0.4, 0.5) is 0 Å². The molecule has 0 saturated carbocycles. The molecule has 0 radical (unpaired) electrons. The van der Waals surface area contributed by atoms with E-state index in [2.05, 4.69) is 39.0 Å². The van der Waals surface area contributed by atoms with Crippen LogP contribution in [0.25, 0.3) is 0 Å². The van der Waals surface area contributed by atoms with Crippen LogP contribution in [-0.4, -0.2) is 6.54 Å². The van der Waals surface area contributed by atoms with E-state index in [4.69, 9.17) is 11.5 Å². The van der Waals surface area contributed by atoms with Crippen LogP contribution < -0.4 is 11.5 Å². The van der Waals surface area contributed by atoms with Gasteiger partial charge >= 0.3 is 0 Å². The normalized spacial score (nSPS) is 15.0. The molecule has 1 aromatic rings. The van der Waals surface area contributed by atoms with Crippen molar-refractivity contribution in [2.45, 2.75) is 33.2 Å². The Bertz CT molecular complexity index is 316. The summed E-state index contributed by atoms with van der Waals surface area (Å²) in [5.41, 5.74) is 15.7. The molecule has 2 heteroatoms. The molecule has 1 rings (SSSR count). The van der Waals surface area contributed by atoms with E-state index in [-0.39, 0.29) is 6.04 Å². The van der Waals surface area contributed by atoms with Crippen LogP contribution in [0.1, 0.15) is 36.1 Å². The first-order chi connectivity index (χ1) is 7.10. The predicted octanol–water partition coefficient (Wildman–Crippen LogP) is 2.29. The lowest BCUT2D eigenvalue weighted by Gasteiger charge is -2.23. The monoisotopic (exact) mass is 206 g/mol. The molecule has 2 atom stereocenters. The van der Waals surface area contributed by atoms with E-state index in [1.54, 1.807) is 0 Å². The average molecular weight is 206 g/mol. The van der Waals surface area contributed by atoms with Crippen molar-refractivity contribution < 1.29 is 0 Å². The molecule has 0 aliphatic heterocycles. The predicted molar refractivity (Wildman–Crippen MR) is 65.7 cm³/mol. The molecule has 0 aromatic heterocycles. The van der Waals surface area contributed by atoms with Crippen LogP contribution in [0, 0.1) is 19.8 Å². The lowest BCUT2D eigenvalue weighted by Crippen LogP contribution is -2.28. The topological polar surface area (TPSA) is 52.0 Å². The van der Waals surface area contributed by atoms with Crippen molar-refractivity contribution in [3.05, 3.63) is 34.9 Å². The lowest BCUT2D eigenvalue weighted by atomic mass is 9.88. The van der Waals surface area contributed by atoms with Gasteiger partial charge in [0.25, 0.3) is 0 Å². The summed E-state index contributed by atoms with van der Waals surface area (Å²) in [6.45, 7) is 7.00. The molecule has 0 amide bonds. The highest BCUT2D eigenvalue weighted by molar-refractivity contribution is 5.33. The minimum Gasteiger partial charge on any atom is -0.330 e. The van der Waals surface area contributed by atoms with E-state index in [1.807, 2.05) is 0 Å². The maximum atomic E-state index is 6.25. The highest BCUT2D eigenvalue weighted by Crippen LogP contribution is 2.25. The van der Waals surface area contributed by atoms with Crippen molar-refractivity contribution in [1.82, 2.24) is 0 Å². The largest absolute Gasteiger partial charge is 0.330 e. The standard InChI is InChI=1S/C13H22N2/c1-4-11(8-14)13(15)12-7-9(2)5-6-10(12)3/h5-7,11,13H,4,8,14-15H2,1-3H3. The fourth-order valence-electron chi connectivity index (χ4n) is 1.94. The zero-order chi connectivity index (χ0) is 11.4. The van der Waals surface area contributed by atoms with E-state index in [1.165, 1.54) is 16.7 Å². The molecule has 0 aliphatic carbocycles. The second-order valence-corrected chi connectivity index (χ2v) is 4.29. The van der Waals surface area contributed by atoms with Crippen LogP contribution in [0.2, 0.25) is 0 Å². The molecule has 15 heavy (non-hydrogen) atoms. The Balaban J connectivity index is 2.98. The number of benzene rings is 1. The smallest absolute Gasteiger partial charge is 0.0338 e. The van der Waals surface area contributed by atoms with Gasteiger partial charge in [-0.2, -0.15) is 0 Å². The molecular weight excluding hydrogens is 184 g/mol. The fourth-order valence-corrected chi connectivity index (χ4v) is 1.94. The van der Waals surface area contributed by atoms with Crippen molar-refractivity contribution in [2.24, 2.45) is 17.4 Å². The van der Waals surface area contributed by atoms with Crippen LogP contribution in [-0.2, 0) is 0 Å². The maximum absolute atomic E-state index is 6.25. The van der Waals surface area contributed by atoms with Gasteiger partial charge in [0.2, 0.25) is 0 Å². The molecule has 1 aromatic carbocycles. The highest BCUT2D eigenvalue weighted by atomic mass is 14.7. The minimum absolute atomic E-state index is 0.0694. The molecule has 0 heterocycles. The summed E-state index contributed by atoms with van der Waals surface area (Å²) < 4.78 is 0. The van der Waals surface area contributed by atoms with Gasteiger partial charge in [0.05, 0.1) is 0 Å². The number of aryl methyl sites for hydroxylation is 2. The first-order valence-corrected chi connectivity index (χ1v) is 5.63. The SMILES string of the molecule is CCC(CN)C(N)c1cc(C)ccc1C. The van der Waals surface area contributed by atoms with E-state index in [9.17, 15) is 0 Å². The summed E-state index contributed by atoms with van der Waals surface area (Å²) >= 11 is 0. The van der Waals surface area contributed by atoms with Gasteiger partial charge < -0.3 is 11.5 Å². The molecular formula is C13H22N2. The molecule has 4 N–H and O–H groups in total. The third kappa shape index (κ3) is 2.80. The van der Waals surface area contributed by atoms with Crippen molar-refractivity contribution in [2.75, 3.05) is 6.54 Å². The zero-order valence-electron chi connectivity index (χ0n) is 9.96. The number of nitrogens with two attached hydrogens (primary N) is 2. The van der Waals surface area contributed by atoms with Crippen LogP contribution in [0.3, 0.4) is 0 Å². The first kappa shape index (κ1) is 12.2. The third-order valence-corrected chi connectivity index (χ3v) is 3.13. The van der Waals surface area contributed by atoms with Gasteiger partial charge in [-0.25, -0.2) is 0 Å². The van der Waals surface area contributed by atoms with E-state index < -0.39 is 0 Å². The summed E-state index contributed by atoms with van der Waals surface area (Å²) in [4.78, 5) is 0. The van der Waals surface area contributed by atoms with Gasteiger partial charge in [0.15, 0.2) is 0 Å². The maximum Gasteiger partial charge on any atom is 0.0338 e. The molecule has 0 saturated heterocycles. The highest BCUT2D eigenvalue weighted by Gasteiger charge is 2.17.